The molecule has 0 spiro atoms. The van der Waals surface area contributed by atoms with E-state index in [0.717, 1.165) is 19.0 Å². The molecule has 2 N–H and O–H groups in total. The van der Waals surface area contributed by atoms with Crippen molar-refractivity contribution in [1.82, 2.24) is 9.97 Å². The van der Waals surface area contributed by atoms with Crippen LogP contribution in [0.1, 0.15) is 38.3 Å². The minimum Gasteiger partial charge on any atom is -0.493 e. The second-order valence-corrected chi connectivity index (χ2v) is 7.88. The Balaban J connectivity index is 1.84. The Kier molecular flexibility index (Phi) is 7.56. The summed E-state index contributed by atoms with van der Waals surface area (Å²) in [6, 6.07) is 14.4. The van der Waals surface area contributed by atoms with Crippen molar-refractivity contribution in [3.8, 4) is 5.75 Å². The van der Waals surface area contributed by atoms with Crippen molar-refractivity contribution in [2.24, 2.45) is 5.92 Å². The molecule has 8 heteroatoms. The molecule has 0 atom stereocenters. The van der Waals surface area contributed by atoms with E-state index < -0.39 is 11.7 Å². The number of ether oxygens (including phenoxy) is 1. The molecule has 5 nitrogen and oxygen atoms in total. The second kappa shape index (κ2) is 10.3. The summed E-state index contributed by atoms with van der Waals surface area (Å²) >= 11 is 0. The third kappa shape index (κ3) is 6.60. The van der Waals surface area contributed by atoms with Gasteiger partial charge in [-0.05, 0) is 42.2 Å². The molecule has 0 aliphatic rings. The lowest BCUT2D eigenvalue weighted by Crippen LogP contribution is -2.12. The Bertz CT molecular complexity index is 1020. The fraction of sp³-hybridized carbons (Fsp3) is 0.333. The SMILES string of the molecule is CCCc1ccc(Nc2ncc(C(F)(F)F)c(Nc3cccc(OCC(C)C)c3)n2)cc1. The number of aromatic nitrogens is 2. The van der Waals surface area contributed by atoms with Gasteiger partial charge in [-0.2, -0.15) is 18.2 Å². The van der Waals surface area contributed by atoms with Crippen LogP contribution in [0, 0.1) is 5.92 Å². The van der Waals surface area contributed by atoms with Crippen LogP contribution in [0.3, 0.4) is 0 Å². The zero-order valence-corrected chi connectivity index (χ0v) is 18.3. The van der Waals surface area contributed by atoms with Gasteiger partial charge in [-0.1, -0.05) is 45.4 Å². The van der Waals surface area contributed by atoms with Gasteiger partial charge in [-0.3, -0.25) is 0 Å². The first-order valence-electron chi connectivity index (χ1n) is 10.5. The second-order valence-electron chi connectivity index (χ2n) is 7.88. The van der Waals surface area contributed by atoms with Gasteiger partial charge < -0.3 is 15.4 Å². The number of rotatable bonds is 9. The number of nitrogens with one attached hydrogen (secondary N) is 2. The number of hydrogen-bond acceptors (Lipinski definition) is 5. The topological polar surface area (TPSA) is 59.1 Å². The summed E-state index contributed by atoms with van der Waals surface area (Å²) in [5, 5.41) is 5.74. The standard InChI is InChI=1S/C24H27F3N4O/c1-4-6-17-9-11-18(12-10-17)30-23-28-14-21(24(25,26)27)22(31-23)29-19-7-5-8-20(13-19)32-15-16(2)3/h5,7-14,16H,4,6,15H2,1-3H3,(H2,28,29,30,31). The molecular formula is C24H27F3N4O. The number of anilines is 4. The average Bonchev–Trinajstić information content (AvgIpc) is 2.73. The van der Waals surface area contributed by atoms with E-state index >= 15 is 0 Å². The highest BCUT2D eigenvalue weighted by Crippen LogP contribution is 2.35. The van der Waals surface area contributed by atoms with E-state index in [1.54, 1.807) is 24.3 Å². The van der Waals surface area contributed by atoms with Crippen molar-refractivity contribution in [3.63, 3.8) is 0 Å². The summed E-state index contributed by atoms with van der Waals surface area (Å²) in [5.74, 6) is 0.626. The molecule has 0 saturated carbocycles. The van der Waals surface area contributed by atoms with Gasteiger partial charge in [0.2, 0.25) is 5.95 Å². The molecule has 0 amide bonds. The molecular weight excluding hydrogens is 417 g/mol. The molecule has 3 aromatic rings. The molecule has 0 saturated heterocycles. The van der Waals surface area contributed by atoms with Crippen molar-refractivity contribution < 1.29 is 17.9 Å². The van der Waals surface area contributed by atoms with Crippen molar-refractivity contribution in [3.05, 3.63) is 65.9 Å². The largest absolute Gasteiger partial charge is 0.493 e. The Morgan fingerprint density at radius 1 is 1.00 bits per heavy atom. The molecule has 1 heterocycles. The first kappa shape index (κ1) is 23.4. The van der Waals surface area contributed by atoms with Crippen molar-refractivity contribution in [2.75, 3.05) is 17.2 Å². The van der Waals surface area contributed by atoms with Gasteiger partial charge >= 0.3 is 6.18 Å². The van der Waals surface area contributed by atoms with Crippen LogP contribution in [-0.2, 0) is 12.6 Å². The van der Waals surface area contributed by atoms with Gasteiger partial charge in [0, 0.05) is 23.6 Å². The average molecular weight is 445 g/mol. The highest BCUT2D eigenvalue weighted by molar-refractivity contribution is 5.64. The molecule has 1 aromatic heterocycles. The minimum atomic E-state index is -4.60. The van der Waals surface area contributed by atoms with E-state index in [9.17, 15) is 13.2 Å². The number of benzene rings is 2. The Labute approximate surface area is 186 Å². The molecule has 170 valence electrons. The quantitative estimate of drug-likeness (QED) is 0.373. The summed E-state index contributed by atoms with van der Waals surface area (Å²) in [4.78, 5) is 7.96. The number of nitrogens with zero attached hydrogens (tertiary/aromatic N) is 2. The van der Waals surface area contributed by atoms with E-state index in [1.807, 2.05) is 38.1 Å². The van der Waals surface area contributed by atoms with Crippen LogP contribution in [0.5, 0.6) is 5.75 Å². The number of hydrogen-bond donors (Lipinski definition) is 2. The summed E-state index contributed by atoms with van der Waals surface area (Å²) in [7, 11) is 0. The van der Waals surface area contributed by atoms with Gasteiger partial charge in [0.05, 0.1) is 6.61 Å². The number of aryl methyl sites for hydroxylation is 1. The van der Waals surface area contributed by atoms with Crippen molar-refractivity contribution in [1.29, 1.82) is 0 Å². The normalized spacial score (nSPS) is 11.5. The van der Waals surface area contributed by atoms with Gasteiger partial charge in [-0.15, -0.1) is 0 Å². The molecule has 0 unspecified atom stereocenters. The number of alkyl halides is 3. The first-order chi connectivity index (χ1) is 15.2. The van der Waals surface area contributed by atoms with Gasteiger partial charge in [0.1, 0.15) is 17.1 Å². The zero-order chi connectivity index (χ0) is 23.1. The Hall–Kier alpha value is -3.29. The summed E-state index contributed by atoms with van der Waals surface area (Å²) in [6.45, 7) is 6.65. The van der Waals surface area contributed by atoms with E-state index in [0.29, 0.717) is 29.6 Å². The van der Waals surface area contributed by atoms with Crippen LogP contribution in [0.4, 0.5) is 36.3 Å². The fourth-order valence-corrected chi connectivity index (χ4v) is 2.98. The predicted molar refractivity (Wildman–Crippen MR) is 121 cm³/mol. The van der Waals surface area contributed by atoms with E-state index in [4.69, 9.17) is 4.74 Å². The maximum Gasteiger partial charge on any atom is 0.421 e. The lowest BCUT2D eigenvalue weighted by molar-refractivity contribution is -0.137. The molecule has 32 heavy (non-hydrogen) atoms. The molecule has 2 aromatic carbocycles. The fourth-order valence-electron chi connectivity index (χ4n) is 2.98. The minimum absolute atomic E-state index is 0.0657. The predicted octanol–water partition coefficient (Wildman–Crippen LogP) is 6.97. The van der Waals surface area contributed by atoms with Crippen LogP contribution in [0.2, 0.25) is 0 Å². The van der Waals surface area contributed by atoms with E-state index in [-0.39, 0.29) is 11.8 Å². The molecule has 0 aliphatic heterocycles. The smallest absolute Gasteiger partial charge is 0.421 e. The maximum absolute atomic E-state index is 13.6. The lowest BCUT2D eigenvalue weighted by Gasteiger charge is -2.16. The van der Waals surface area contributed by atoms with E-state index in [1.165, 1.54) is 5.56 Å². The van der Waals surface area contributed by atoms with Crippen LogP contribution < -0.4 is 15.4 Å². The van der Waals surface area contributed by atoms with Crippen LogP contribution in [-0.4, -0.2) is 16.6 Å². The van der Waals surface area contributed by atoms with Crippen molar-refractivity contribution >= 4 is 23.1 Å². The van der Waals surface area contributed by atoms with E-state index in [2.05, 4.69) is 27.5 Å². The van der Waals surface area contributed by atoms with Gasteiger partial charge in [0.15, 0.2) is 0 Å². The Morgan fingerprint density at radius 3 is 2.41 bits per heavy atom. The third-order valence-electron chi connectivity index (χ3n) is 4.52. The third-order valence-corrected chi connectivity index (χ3v) is 4.52. The zero-order valence-electron chi connectivity index (χ0n) is 18.3. The molecule has 0 bridgehead atoms. The lowest BCUT2D eigenvalue weighted by atomic mass is 10.1. The summed E-state index contributed by atoms with van der Waals surface area (Å²) in [6.07, 6.45) is -1.82. The summed E-state index contributed by atoms with van der Waals surface area (Å²) < 4.78 is 46.3. The Morgan fingerprint density at radius 2 is 1.75 bits per heavy atom. The monoisotopic (exact) mass is 444 g/mol. The molecule has 0 fully saturated rings. The van der Waals surface area contributed by atoms with Crippen LogP contribution in [0.25, 0.3) is 0 Å². The summed E-state index contributed by atoms with van der Waals surface area (Å²) in [5.41, 5.74) is 1.37. The highest BCUT2D eigenvalue weighted by atomic mass is 19.4. The number of halogens is 3. The van der Waals surface area contributed by atoms with Crippen LogP contribution >= 0.6 is 0 Å². The molecule has 0 aliphatic carbocycles. The molecule has 0 radical (unpaired) electrons. The van der Waals surface area contributed by atoms with Gasteiger partial charge in [0.25, 0.3) is 0 Å². The van der Waals surface area contributed by atoms with Gasteiger partial charge in [-0.25, -0.2) is 4.98 Å². The first-order valence-corrected chi connectivity index (χ1v) is 10.5. The highest BCUT2D eigenvalue weighted by Gasteiger charge is 2.35. The molecule has 3 rings (SSSR count). The van der Waals surface area contributed by atoms with Crippen LogP contribution in [0.15, 0.2) is 54.7 Å². The maximum atomic E-state index is 13.6. The van der Waals surface area contributed by atoms with Crippen molar-refractivity contribution in [2.45, 2.75) is 39.8 Å².